The zero-order chi connectivity index (χ0) is 15.0. The van der Waals surface area contributed by atoms with Crippen LogP contribution in [0.25, 0.3) is 0 Å². The highest BCUT2D eigenvalue weighted by atomic mass is 19.1. The Morgan fingerprint density at radius 3 is 2.85 bits per heavy atom. The van der Waals surface area contributed by atoms with E-state index in [2.05, 4.69) is 10.6 Å². The molecule has 1 aromatic rings. The van der Waals surface area contributed by atoms with Crippen LogP contribution in [0.2, 0.25) is 0 Å². The first-order valence-corrected chi connectivity index (χ1v) is 6.44. The maximum atomic E-state index is 13.6. The van der Waals surface area contributed by atoms with Gasteiger partial charge < -0.3 is 15.7 Å². The van der Waals surface area contributed by atoms with E-state index in [4.69, 9.17) is 10.4 Å². The number of rotatable bonds is 6. The fraction of sp³-hybridized carbons (Fsp3) is 0.429. The summed E-state index contributed by atoms with van der Waals surface area (Å²) in [6.07, 6.45) is 1.19. The SMILES string of the molecule is CCC(CCO)NC(=O)NCc1ccc(C#N)cc1F. The van der Waals surface area contributed by atoms with Gasteiger partial charge in [-0.1, -0.05) is 13.0 Å². The van der Waals surface area contributed by atoms with E-state index in [9.17, 15) is 9.18 Å². The standard InChI is InChI=1S/C14H18FN3O2/c1-2-12(5-6-19)18-14(20)17-9-11-4-3-10(8-16)7-13(11)15/h3-4,7,12,19H,2,5-6,9H2,1H3,(H2,17,18,20). The Kier molecular flexibility index (Phi) is 6.47. The molecule has 1 atom stereocenters. The van der Waals surface area contributed by atoms with Crippen molar-refractivity contribution in [1.82, 2.24) is 10.6 Å². The third kappa shape index (κ3) is 4.86. The smallest absolute Gasteiger partial charge is 0.315 e. The number of nitrogens with one attached hydrogen (secondary N) is 2. The predicted octanol–water partition coefficient (Wildman–Crippen LogP) is 1.66. The van der Waals surface area contributed by atoms with Crippen LogP contribution in [0.1, 0.15) is 30.9 Å². The summed E-state index contributed by atoms with van der Waals surface area (Å²) in [7, 11) is 0. The minimum atomic E-state index is -0.522. The molecule has 0 radical (unpaired) electrons. The summed E-state index contributed by atoms with van der Waals surface area (Å²) in [5.74, 6) is -0.522. The van der Waals surface area contributed by atoms with Crippen LogP contribution in [-0.2, 0) is 6.54 Å². The molecule has 1 aromatic carbocycles. The Hall–Kier alpha value is -2.13. The molecular formula is C14H18FN3O2. The summed E-state index contributed by atoms with van der Waals surface area (Å²) < 4.78 is 13.6. The fourth-order valence-electron chi connectivity index (χ4n) is 1.71. The number of hydrogen-bond acceptors (Lipinski definition) is 3. The van der Waals surface area contributed by atoms with Crippen molar-refractivity contribution in [2.75, 3.05) is 6.61 Å². The van der Waals surface area contributed by atoms with Crippen LogP contribution in [0.5, 0.6) is 0 Å². The minimum absolute atomic E-state index is 0.00301. The van der Waals surface area contributed by atoms with Crippen LogP contribution >= 0.6 is 0 Å². The predicted molar refractivity (Wildman–Crippen MR) is 72.3 cm³/mol. The van der Waals surface area contributed by atoms with Gasteiger partial charge in [0.15, 0.2) is 0 Å². The monoisotopic (exact) mass is 279 g/mol. The zero-order valence-electron chi connectivity index (χ0n) is 11.3. The highest BCUT2D eigenvalue weighted by molar-refractivity contribution is 5.74. The number of urea groups is 1. The summed E-state index contributed by atoms with van der Waals surface area (Å²) in [5, 5.41) is 22.7. The second-order valence-electron chi connectivity index (χ2n) is 4.36. The van der Waals surface area contributed by atoms with Crippen LogP contribution in [0.4, 0.5) is 9.18 Å². The number of aliphatic hydroxyl groups is 1. The van der Waals surface area contributed by atoms with Gasteiger partial charge in [-0.2, -0.15) is 5.26 Å². The normalized spacial score (nSPS) is 11.5. The number of nitrogens with zero attached hydrogens (tertiary/aromatic N) is 1. The van der Waals surface area contributed by atoms with Crippen molar-refractivity contribution in [1.29, 1.82) is 5.26 Å². The molecule has 0 bridgehead atoms. The van der Waals surface area contributed by atoms with Crippen molar-refractivity contribution in [3.63, 3.8) is 0 Å². The van der Waals surface area contributed by atoms with Crippen molar-refractivity contribution in [2.45, 2.75) is 32.4 Å². The molecule has 5 nitrogen and oxygen atoms in total. The topological polar surface area (TPSA) is 85.2 Å². The Morgan fingerprint density at radius 1 is 1.55 bits per heavy atom. The van der Waals surface area contributed by atoms with E-state index in [0.29, 0.717) is 18.4 Å². The number of aliphatic hydroxyl groups excluding tert-OH is 1. The maximum absolute atomic E-state index is 13.6. The van der Waals surface area contributed by atoms with Crippen molar-refractivity contribution in [2.24, 2.45) is 0 Å². The Labute approximate surface area is 117 Å². The van der Waals surface area contributed by atoms with Gasteiger partial charge in [-0.3, -0.25) is 0 Å². The summed E-state index contributed by atoms with van der Waals surface area (Å²) in [6.45, 7) is 1.95. The molecule has 108 valence electrons. The van der Waals surface area contributed by atoms with E-state index in [1.165, 1.54) is 12.1 Å². The quantitative estimate of drug-likeness (QED) is 0.740. The molecule has 2 amide bonds. The largest absolute Gasteiger partial charge is 0.396 e. The molecule has 0 aromatic heterocycles. The van der Waals surface area contributed by atoms with E-state index in [-0.39, 0.29) is 24.8 Å². The number of carbonyl (C=O) groups is 1. The second-order valence-corrected chi connectivity index (χ2v) is 4.36. The number of benzene rings is 1. The second kappa shape index (κ2) is 8.12. The highest BCUT2D eigenvalue weighted by Gasteiger charge is 2.10. The van der Waals surface area contributed by atoms with Gasteiger partial charge in [-0.05, 0) is 25.0 Å². The summed E-state index contributed by atoms with van der Waals surface area (Å²) in [6, 6.07) is 5.43. The van der Waals surface area contributed by atoms with Crippen molar-refractivity contribution >= 4 is 6.03 Å². The van der Waals surface area contributed by atoms with Gasteiger partial charge in [0.1, 0.15) is 5.82 Å². The van der Waals surface area contributed by atoms with Gasteiger partial charge in [-0.15, -0.1) is 0 Å². The number of halogens is 1. The van der Waals surface area contributed by atoms with Crippen LogP contribution in [-0.4, -0.2) is 23.8 Å². The number of nitriles is 1. The first-order valence-electron chi connectivity index (χ1n) is 6.44. The Balaban J connectivity index is 2.51. The zero-order valence-corrected chi connectivity index (χ0v) is 11.3. The van der Waals surface area contributed by atoms with Crippen molar-refractivity contribution < 1.29 is 14.3 Å². The number of amides is 2. The van der Waals surface area contributed by atoms with E-state index in [1.807, 2.05) is 13.0 Å². The maximum Gasteiger partial charge on any atom is 0.315 e. The van der Waals surface area contributed by atoms with Crippen molar-refractivity contribution in [3.8, 4) is 6.07 Å². The van der Waals surface area contributed by atoms with Gasteiger partial charge in [0.05, 0.1) is 11.6 Å². The van der Waals surface area contributed by atoms with E-state index >= 15 is 0 Å². The molecule has 1 rings (SSSR count). The molecule has 1 unspecified atom stereocenters. The van der Waals surface area contributed by atoms with E-state index < -0.39 is 11.8 Å². The molecule has 0 aliphatic heterocycles. The van der Waals surface area contributed by atoms with Crippen LogP contribution < -0.4 is 10.6 Å². The van der Waals surface area contributed by atoms with E-state index in [0.717, 1.165) is 6.07 Å². The van der Waals surface area contributed by atoms with E-state index in [1.54, 1.807) is 0 Å². The molecule has 0 spiro atoms. The Bertz CT molecular complexity index is 500. The third-order valence-electron chi connectivity index (χ3n) is 2.93. The van der Waals surface area contributed by atoms with Crippen LogP contribution in [0.3, 0.4) is 0 Å². The molecule has 6 heteroatoms. The molecular weight excluding hydrogens is 261 g/mol. The molecule has 0 aliphatic rings. The summed E-state index contributed by atoms with van der Waals surface area (Å²) >= 11 is 0. The first kappa shape index (κ1) is 15.9. The van der Waals surface area contributed by atoms with Crippen LogP contribution in [0.15, 0.2) is 18.2 Å². The van der Waals surface area contributed by atoms with Crippen LogP contribution in [0, 0.1) is 17.1 Å². The molecule has 0 heterocycles. The average Bonchev–Trinajstić information content (AvgIpc) is 2.45. The summed E-state index contributed by atoms with van der Waals surface area (Å²) in [5.41, 5.74) is 0.555. The highest BCUT2D eigenvalue weighted by Crippen LogP contribution is 2.09. The molecule has 0 saturated carbocycles. The molecule has 20 heavy (non-hydrogen) atoms. The fourth-order valence-corrected chi connectivity index (χ4v) is 1.71. The first-order chi connectivity index (χ1) is 9.60. The lowest BCUT2D eigenvalue weighted by atomic mass is 10.1. The molecule has 0 saturated heterocycles. The van der Waals surface area contributed by atoms with Gasteiger partial charge in [0, 0.05) is 24.8 Å². The summed E-state index contributed by atoms with van der Waals surface area (Å²) in [4.78, 5) is 11.6. The van der Waals surface area contributed by atoms with Gasteiger partial charge in [-0.25, -0.2) is 9.18 Å². The lowest BCUT2D eigenvalue weighted by Gasteiger charge is -2.16. The van der Waals surface area contributed by atoms with Crippen molar-refractivity contribution in [3.05, 3.63) is 35.1 Å². The average molecular weight is 279 g/mol. The Morgan fingerprint density at radius 2 is 2.30 bits per heavy atom. The number of hydrogen-bond donors (Lipinski definition) is 3. The van der Waals surface area contributed by atoms with Gasteiger partial charge >= 0.3 is 6.03 Å². The number of carbonyl (C=O) groups excluding carboxylic acids is 1. The third-order valence-corrected chi connectivity index (χ3v) is 2.93. The molecule has 0 fully saturated rings. The minimum Gasteiger partial charge on any atom is -0.396 e. The lowest BCUT2D eigenvalue weighted by molar-refractivity contribution is 0.227. The van der Waals surface area contributed by atoms with Gasteiger partial charge in [0.25, 0.3) is 0 Å². The molecule has 3 N–H and O–H groups in total. The molecule has 0 aliphatic carbocycles. The van der Waals surface area contributed by atoms with Gasteiger partial charge in [0.2, 0.25) is 0 Å². The lowest BCUT2D eigenvalue weighted by Crippen LogP contribution is -2.42.